The number of phenolic OH excluding ortho intramolecular Hbond substituents is 1. The summed E-state index contributed by atoms with van der Waals surface area (Å²) in [6.07, 6.45) is 5.89. The van der Waals surface area contributed by atoms with E-state index in [4.69, 9.17) is 4.79 Å². The molecule has 0 fully saturated rings. The zero-order valence-electron chi connectivity index (χ0n) is 16.4. The molecule has 0 atom stereocenters. The van der Waals surface area contributed by atoms with Crippen molar-refractivity contribution in [3.8, 4) is 5.75 Å². The number of phenols is 1. The maximum Gasteiger partial charge on any atom is 0.281 e. The molecule has 1 heterocycles. The fourth-order valence-electron chi connectivity index (χ4n) is 2.51. The van der Waals surface area contributed by atoms with Gasteiger partial charge in [-0.15, -0.1) is 0 Å². The summed E-state index contributed by atoms with van der Waals surface area (Å²) in [5.41, 5.74) is 5.64. The molecule has 1 aromatic heterocycles. The lowest BCUT2D eigenvalue weighted by molar-refractivity contribution is 0.221. The van der Waals surface area contributed by atoms with Crippen LogP contribution < -0.4 is 5.73 Å². The summed E-state index contributed by atoms with van der Waals surface area (Å²) in [7, 11) is 0. The van der Waals surface area contributed by atoms with Gasteiger partial charge < -0.3 is 33.2 Å². The number of thioether (sulfide) groups is 1. The highest BCUT2D eigenvalue weighted by Gasteiger charge is 2.15. The zero-order chi connectivity index (χ0) is 20.9. The Kier molecular flexibility index (Phi) is 11.3. The monoisotopic (exact) mass is 422 g/mol. The number of nitrogens with two attached hydrogens (primary N) is 1. The van der Waals surface area contributed by atoms with Crippen LogP contribution in [0.1, 0.15) is 45.1 Å². The number of fused-ring (bicyclic) bond motifs is 1. The first-order valence-electron chi connectivity index (χ1n) is 9.34. The molecule has 0 aliphatic carbocycles. The molecule has 1 aromatic carbocycles. The molecule has 0 saturated heterocycles. The summed E-state index contributed by atoms with van der Waals surface area (Å²) in [6.45, 7) is 5.90. The molecule has 154 valence electrons. The van der Waals surface area contributed by atoms with Crippen LogP contribution in [0.3, 0.4) is 0 Å². The van der Waals surface area contributed by atoms with Gasteiger partial charge in [-0.05, 0) is 18.9 Å². The summed E-state index contributed by atoms with van der Waals surface area (Å²) in [5.74, 6) is 0.647. The van der Waals surface area contributed by atoms with Crippen molar-refractivity contribution in [3.05, 3.63) is 36.0 Å². The minimum Gasteiger partial charge on any atom is -0.719 e. The van der Waals surface area contributed by atoms with Crippen molar-refractivity contribution < 1.29 is 14.7 Å². The van der Waals surface area contributed by atoms with Gasteiger partial charge in [-0.2, -0.15) is 0 Å². The Morgan fingerprint density at radius 3 is 2.36 bits per heavy atom. The highest BCUT2D eigenvalue weighted by atomic mass is 32.2. The molecule has 0 aliphatic heterocycles. The van der Waals surface area contributed by atoms with Crippen LogP contribution in [0.15, 0.2) is 30.5 Å². The largest absolute Gasteiger partial charge is 0.719 e. The lowest BCUT2D eigenvalue weighted by atomic mass is 10.1. The van der Waals surface area contributed by atoms with Crippen molar-refractivity contribution in [2.45, 2.75) is 45.3 Å². The Hall–Kier alpha value is -2.06. The number of hydrogen-bond acceptors (Lipinski definition) is 6. The fraction of sp³-hybridized carbons (Fsp3) is 0.450. The van der Waals surface area contributed by atoms with E-state index in [9.17, 15) is 9.90 Å². The Morgan fingerprint density at radius 2 is 1.79 bits per heavy atom. The van der Waals surface area contributed by atoms with Crippen LogP contribution in [0.2, 0.25) is 0 Å². The average Bonchev–Trinajstić information content (AvgIpc) is 2.67. The van der Waals surface area contributed by atoms with Gasteiger partial charge in [-0.1, -0.05) is 56.7 Å². The first-order chi connectivity index (χ1) is 13.4. The van der Waals surface area contributed by atoms with E-state index in [1.165, 1.54) is 11.8 Å². The molecule has 0 bridgehead atoms. The predicted octanol–water partition coefficient (Wildman–Crippen LogP) is 4.81. The van der Waals surface area contributed by atoms with Crippen molar-refractivity contribution in [2.75, 3.05) is 13.1 Å². The van der Waals surface area contributed by atoms with Gasteiger partial charge in [-0.3, -0.25) is 9.78 Å². The summed E-state index contributed by atoms with van der Waals surface area (Å²) in [4.78, 5) is 27.7. The van der Waals surface area contributed by atoms with E-state index < -0.39 is 5.24 Å². The molecule has 3 N–H and O–H groups in total. The number of carbonyl (C=O) groups excluding carboxylic acids is 2. The SMILES string of the molecule is CCCCN(CCCC)C(=O)SCc1ccc2cccnc2c1O.NC(=O)[S-]. The fourth-order valence-corrected chi connectivity index (χ4v) is 3.39. The summed E-state index contributed by atoms with van der Waals surface area (Å²) < 4.78 is 0. The minimum atomic E-state index is -0.750. The lowest BCUT2D eigenvalue weighted by Crippen LogP contribution is -2.29. The van der Waals surface area contributed by atoms with Crippen LogP contribution >= 0.6 is 11.8 Å². The normalized spacial score (nSPS) is 10.2. The molecule has 0 aliphatic rings. The van der Waals surface area contributed by atoms with Crippen LogP contribution in [0, 0.1) is 0 Å². The highest BCUT2D eigenvalue weighted by molar-refractivity contribution is 8.12. The topological polar surface area (TPSA) is 96.5 Å². The maximum atomic E-state index is 12.5. The van der Waals surface area contributed by atoms with Crippen molar-refractivity contribution in [1.29, 1.82) is 0 Å². The van der Waals surface area contributed by atoms with Gasteiger partial charge in [0.05, 0.1) is 5.24 Å². The molecule has 0 radical (unpaired) electrons. The number of primary amides is 1. The van der Waals surface area contributed by atoms with E-state index in [1.54, 1.807) is 6.20 Å². The summed E-state index contributed by atoms with van der Waals surface area (Å²) >= 11 is 5.02. The molecule has 2 rings (SSSR count). The lowest BCUT2D eigenvalue weighted by Gasteiger charge is -2.21. The van der Waals surface area contributed by atoms with E-state index >= 15 is 0 Å². The molecule has 0 spiro atoms. The predicted molar refractivity (Wildman–Crippen MR) is 118 cm³/mol. The van der Waals surface area contributed by atoms with Gasteiger partial charge in [0.25, 0.3) is 5.24 Å². The van der Waals surface area contributed by atoms with Crippen LogP contribution in [-0.2, 0) is 18.4 Å². The molecule has 2 aromatic rings. The third-order valence-corrected chi connectivity index (χ3v) is 4.96. The van der Waals surface area contributed by atoms with Gasteiger partial charge >= 0.3 is 0 Å². The molecular formula is C20H28N3O3S2-. The Balaban J connectivity index is 0.000000892. The van der Waals surface area contributed by atoms with Crippen LogP contribution in [-0.4, -0.2) is 38.6 Å². The standard InChI is InChI=1S/C19H26N2O2S.CH3NOS/c1-3-5-12-21(13-6-4-2)19(23)24-14-16-10-9-15-8-7-11-20-17(15)18(16)22;2-1(3)4/h7-11,22H,3-6,12-14H2,1-2H3;(H3,2,3,4)/p-1. The number of aromatic nitrogens is 1. The van der Waals surface area contributed by atoms with Crippen molar-refractivity contribution in [1.82, 2.24) is 9.88 Å². The number of benzene rings is 1. The Bertz CT molecular complexity index is 759. The molecular weight excluding hydrogens is 394 g/mol. The van der Waals surface area contributed by atoms with E-state index in [0.717, 1.165) is 49.7 Å². The number of pyridine rings is 1. The summed E-state index contributed by atoms with van der Waals surface area (Å²) in [6, 6.07) is 7.58. The number of aromatic hydroxyl groups is 1. The first-order valence-corrected chi connectivity index (χ1v) is 10.7. The number of unbranched alkanes of at least 4 members (excludes halogenated alkanes) is 2. The summed E-state index contributed by atoms with van der Waals surface area (Å²) in [5, 5.41) is 10.6. The second-order valence-corrected chi connectivity index (χ2v) is 7.55. The van der Waals surface area contributed by atoms with E-state index in [0.29, 0.717) is 11.3 Å². The van der Waals surface area contributed by atoms with E-state index in [2.05, 4.69) is 37.2 Å². The second kappa shape index (κ2) is 13.2. The maximum absolute atomic E-state index is 12.5. The molecule has 2 amide bonds. The van der Waals surface area contributed by atoms with Crippen LogP contribution in [0.25, 0.3) is 10.9 Å². The van der Waals surface area contributed by atoms with Crippen LogP contribution in [0.5, 0.6) is 5.75 Å². The van der Waals surface area contributed by atoms with Crippen molar-refractivity contribution in [3.63, 3.8) is 0 Å². The van der Waals surface area contributed by atoms with Gasteiger partial charge in [0.15, 0.2) is 0 Å². The van der Waals surface area contributed by atoms with Gasteiger partial charge in [0, 0.05) is 36.0 Å². The first kappa shape index (κ1) is 24.0. The zero-order valence-corrected chi connectivity index (χ0v) is 18.0. The smallest absolute Gasteiger partial charge is 0.281 e. The van der Waals surface area contributed by atoms with Gasteiger partial charge in [0.2, 0.25) is 0 Å². The molecule has 6 nitrogen and oxygen atoms in total. The third-order valence-electron chi connectivity index (χ3n) is 4.00. The van der Waals surface area contributed by atoms with Crippen LogP contribution in [0.4, 0.5) is 9.59 Å². The molecule has 28 heavy (non-hydrogen) atoms. The number of carbonyl (C=O) groups is 2. The van der Waals surface area contributed by atoms with Gasteiger partial charge in [0.1, 0.15) is 11.3 Å². The number of rotatable bonds is 8. The molecule has 8 heteroatoms. The second-order valence-electron chi connectivity index (χ2n) is 6.22. The molecule has 0 saturated carbocycles. The van der Waals surface area contributed by atoms with Crippen molar-refractivity contribution in [2.24, 2.45) is 5.73 Å². The number of hydrogen-bond donors (Lipinski definition) is 2. The average molecular weight is 423 g/mol. The minimum absolute atomic E-state index is 0.0948. The number of nitrogens with zero attached hydrogens (tertiary/aromatic N) is 2. The third kappa shape index (κ3) is 8.31. The number of amides is 2. The quantitative estimate of drug-likeness (QED) is 0.593. The Morgan fingerprint density at radius 1 is 1.18 bits per heavy atom. The molecule has 0 unspecified atom stereocenters. The van der Waals surface area contributed by atoms with Crippen molar-refractivity contribution >= 4 is 45.8 Å². The van der Waals surface area contributed by atoms with Gasteiger partial charge in [-0.25, -0.2) is 0 Å². The van der Waals surface area contributed by atoms with E-state index in [-0.39, 0.29) is 11.0 Å². The van der Waals surface area contributed by atoms with E-state index in [1.807, 2.05) is 29.2 Å². The Labute approximate surface area is 176 Å². The highest BCUT2D eigenvalue weighted by Crippen LogP contribution is 2.30.